The molecule has 0 radical (unpaired) electrons. The van der Waals surface area contributed by atoms with Gasteiger partial charge in [0.2, 0.25) is 21.9 Å². The summed E-state index contributed by atoms with van der Waals surface area (Å²) in [5.74, 6) is 1.77. The van der Waals surface area contributed by atoms with Gasteiger partial charge in [-0.05, 0) is 25.0 Å². The number of rotatable bonds is 6. The topological polar surface area (TPSA) is 88.8 Å². The van der Waals surface area contributed by atoms with Crippen LogP contribution in [0.25, 0.3) is 0 Å². The number of anilines is 1. The van der Waals surface area contributed by atoms with Gasteiger partial charge in [0, 0.05) is 31.4 Å². The Morgan fingerprint density at radius 2 is 2.12 bits per heavy atom. The molecule has 8 nitrogen and oxygen atoms in total. The van der Waals surface area contributed by atoms with E-state index in [2.05, 4.69) is 9.97 Å². The molecule has 1 aliphatic rings. The van der Waals surface area contributed by atoms with Crippen LogP contribution in [0.4, 0.5) is 5.95 Å². The molecule has 0 atom stereocenters. The minimum absolute atomic E-state index is 0.0676. The number of methoxy groups -OCH3 is 1. The molecule has 1 aliphatic heterocycles. The van der Waals surface area contributed by atoms with E-state index >= 15 is 0 Å². The van der Waals surface area contributed by atoms with Gasteiger partial charge >= 0.3 is 0 Å². The third-order valence-electron chi connectivity index (χ3n) is 4.30. The van der Waals surface area contributed by atoms with E-state index in [1.54, 1.807) is 37.8 Å². The highest BCUT2D eigenvalue weighted by Gasteiger charge is 2.31. The highest BCUT2D eigenvalue weighted by molar-refractivity contribution is 7.88. The molecule has 2 aromatic heterocycles. The molecule has 0 amide bonds. The summed E-state index contributed by atoms with van der Waals surface area (Å²) in [5.41, 5.74) is 0. The van der Waals surface area contributed by atoms with E-state index in [4.69, 9.17) is 9.15 Å². The molecule has 1 saturated heterocycles. The average Bonchev–Trinajstić information content (AvgIpc) is 3.12. The second kappa shape index (κ2) is 7.40. The van der Waals surface area contributed by atoms with Crippen LogP contribution in [0.2, 0.25) is 0 Å². The van der Waals surface area contributed by atoms with Crippen molar-refractivity contribution >= 4 is 16.0 Å². The van der Waals surface area contributed by atoms with Crippen molar-refractivity contribution in [2.75, 3.05) is 31.4 Å². The third-order valence-corrected chi connectivity index (χ3v) is 5.58. The number of hydrogen-bond acceptors (Lipinski definition) is 7. The lowest BCUT2D eigenvalue weighted by atomic mass is 10.1. The zero-order valence-corrected chi connectivity index (χ0v) is 15.1. The van der Waals surface area contributed by atoms with Crippen molar-refractivity contribution in [2.45, 2.75) is 25.4 Å². The maximum atomic E-state index is 12.2. The first-order chi connectivity index (χ1) is 12.0. The predicted molar refractivity (Wildman–Crippen MR) is 92.9 cm³/mol. The summed E-state index contributed by atoms with van der Waals surface area (Å²) in [6.07, 6.45) is 5.86. The molecular weight excluding hydrogens is 344 g/mol. The van der Waals surface area contributed by atoms with Gasteiger partial charge in [0.1, 0.15) is 5.76 Å². The normalized spacial score (nSPS) is 16.4. The van der Waals surface area contributed by atoms with Gasteiger partial charge < -0.3 is 14.1 Å². The first-order valence-corrected chi connectivity index (χ1v) is 9.93. The molecule has 9 heteroatoms. The van der Waals surface area contributed by atoms with Crippen LogP contribution >= 0.6 is 0 Å². The molecule has 0 unspecified atom stereocenters. The zero-order chi connectivity index (χ0) is 17.9. The fourth-order valence-corrected chi connectivity index (χ4v) is 4.14. The lowest BCUT2D eigenvalue weighted by Crippen LogP contribution is -2.47. The number of nitrogens with zero attached hydrogens (tertiary/aromatic N) is 4. The standard InChI is InChI=1S/C16H22N4O4S/c1-23-15-5-8-17-16(18-15)19-9-6-13(7-10-19)20(25(2,21)22)12-14-4-3-11-24-14/h3-5,8,11,13H,6-7,9-10,12H2,1-2H3. The molecule has 1 fully saturated rings. The lowest BCUT2D eigenvalue weighted by molar-refractivity contribution is 0.253. The second-order valence-corrected chi connectivity index (χ2v) is 7.94. The van der Waals surface area contributed by atoms with Crippen molar-refractivity contribution in [3.05, 3.63) is 36.4 Å². The van der Waals surface area contributed by atoms with Crippen molar-refractivity contribution < 1.29 is 17.6 Å². The number of furan rings is 1. The minimum atomic E-state index is -3.33. The molecule has 3 rings (SSSR count). The smallest absolute Gasteiger partial charge is 0.228 e. The van der Waals surface area contributed by atoms with Gasteiger partial charge in [-0.25, -0.2) is 13.4 Å². The molecule has 0 spiro atoms. The highest BCUT2D eigenvalue weighted by atomic mass is 32.2. The van der Waals surface area contributed by atoms with Gasteiger partial charge in [-0.1, -0.05) is 0 Å². The zero-order valence-electron chi connectivity index (χ0n) is 14.3. The fourth-order valence-electron chi connectivity index (χ4n) is 3.03. The van der Waals surface area contributed by atoms with Crippen LogP contribution in [0.1, 0.15) is 18.6 Å². The van der Waals surface area contributed by atoms with Gasteiger partial charge in [-0.2, -0.15) is 9.29 Å². The maximum absolute atomic E-state index is 12.2. The SMILES string of the molecule is COc1ccnc(N2CCC(N(Cc3ccco3)S(C)(=O)=O)CC2)n1. The summed E-state index contributed by atoms with van der Waals surface area (Å²) in [5, 5.41) is 0. The Morgan fingerprint density at radius 1 is 1.36 bits per heavy atom. The summed E-state index contributed by atoms with van der Waals surface area (Å²) < 4.78 is 36.4. The number of piperidine rings is 1. The highest BCUT2D eigenvalue weighted by Crippen LogP contribution is 2.24. The van der Waals surface area contributed by atoms with Crippen LogP contribution in [0.5, 0.6) is 5.88 Å². The van der Waals surface area contributed by atoms with Gasteiger partial charge in [-0.15, -0.1) is 0 Å². The van der Waals surface area contributed by atoms with E-state index in [0.29, 0.717) is 43.5 Å². The first-order valence-electron chi connectivity index (χ1n) is 8.08. The van der Waals surface area contributed by atoms with Crippen LogP contribution in [0.3, 0.4) is 0 Å². The summed E-state index contributed by atoms with van der Waals surface area (Å²) in [4.78, 5) is 10.7. The van der Waals surface area contributed by atoms with Crippen LogP contribution in [0, 0.1) is 0 Å². The van der Waals surface area contributed by atoms with E-state index in [-0.39, 0.29) is 12.6 Å². The van der Waals surface area contributed by atoms with Crippen LogP contribution in [-0.4, -0.2) is 55.2 Å². The third kappa shape index (κ3) is 4.29. The molecular formula is C16H22N4O4S. The van der Waals surface area contributed by atoms with Crippen LogP contribution < -0.4 is 9.64 Å². The van der Waals surface area contributed by atoms with E-state index in [1.165, 1.54) is 10.6 Å². The summed E-state index contributed by atoms with van der Waals surface area (Å²) in [6.45, 7) is 1.62. The predicted octanol–water partition coefficient (Wildman–Crippen LogP) is 1.51. The van der Waals surface area contributed by atoms with Crippen molar-refractivity contribution in [2.24, 2.45) is 0 Å². The molecule has 25 heavy (non-hydrogen) atoms. The first kappa shape index (κ1) is 17.7. The molecule has 0 aromatic carbocycles. The Morgan fingerprint density at radius 3 is 2.72 bits per heavy atom. The molecule has 0 aliphatic carbocycles. The molecule has 0 N–H and O–H groups in total. The Bertz CT molecular complexity index is 786. The fraction of sp³-hybridized carbons (Fsp3) is 0.500. The van der Waals surface area contributed by atoms with Crippen molar-refractivity contribution in [1.82, 2.24) is 14.3 Å². The number of aromatic nitrogens is 2. The van der Waals surface area contributed by atoms with Crippen LogP contribution in [0.15, 0.2) is 35.1 Å². The number of hydrogen-bond donors (Lipinski definition) is 0. The Hall–Kier alpha value is -2.13. The lowest BCUT2D eigenvalue weighted by Gasteiger charge is -2.37. The molecule has 136 valence electrons. The second-order valence-electron chi connectivity index (χ2n) is 6.00. The molecule has 0 bridgehead atoms. The van der Waals surface area contributed by atoms with Gasteiger partial charge in [0.15, 0.2) is 0 Å². The Balaban J connectivity index is 1.68. The van der Waals surface area contributed by atoms with E-state index in [9.17, 15) is 8.42 Å². The van der Waals surface area contributed by atoms with E-state index in [1.807, 2.05) is 4.90 Å². The number of sulfonamides is 1. The molecule has 0 saturated carbocycles. The van der Waals surface area contributed by atoms with Gasteiger partial charge in [-0.3, -0.25) is 0 Å². The quantitative estimate of drug-likeness (QED) is 0.765. The van der Waals surface area contributed by atoms with Crippen molar-refractivity contribution in [3.8, 4) is 5.88 Å². The summed E-state index contributed by atoms with van der Waals surface area (Å²) in [7, 11) is -1.76. The summed E-state index contributed by atoms with van der Waals surface area (Å²) >= 11 is 0. The average molecular weight is 366 g/mol. The van der Waals surface area contributed by atoms with Crippen molar-refractivity contribution in [1.29, 1.82) is 0 Å². The van der Waals surface area contributed by atoms with E-state index < -0.39 is 10.0 Å². The number of ether oxygens (including phenoxy) is 1. The monoisotopic (exact) mass is 366 g/mol. The minimum Gasteiger partial charge on any atom is -0.481 e. The molecule has 2 aromatic rings. The van der Waals surface area contributed by atoms with Gasteiger partial charge in [0.25, 0.3) is 0 Å². The summed E-state index contributed by atoms with van der Waals surface area (Å²) in [6, 6.07) is 5.18. The van der Waals surface area contributed by atoms with Crippen LogP contribution in [-0.2, 0) is 16.6 Å². The Kier molecular flexibility index (Phi) is 5.24. The Labute approximate surface area is 147 Å². The van der Waals surface area contributed by atoms with Gasteiger partial charge in [0.05, 0.1) is 26.2 Å². The maximum Gasteiger partial charge on any atom is 0.228 e. The van der Waals surface area contributed by atoms with Crippen molar-refractivity contribution in [3.63, 3.8) is 0 Å². The largest absolute Gasteiger partial charge is 0.481 e. The molecule has 3 heterocycles. The van der Waals surface area contributed by atoms with E-state index in [0.717, 1.165) is 0 Å².